The van der Waals surface area contributed by atoms with Gasteiger partial charge in [0.2, 0.25) is 0 Å². The molecule has 8 heteroatoms. The van der Waals surface area contributed by atoms with Gasteiger partial charge in [0.25, 0.3) is 5.89 Å². The number of nitrogens with two attached hydrogens (primary N) is 1. The summed E-state index contributed by atoms with van der Waals surface area (Å²) >= 11 is 1.52. The Labute approximate surface area is 159 Å². The van der Waals surface area contributed by atoms with E-state index in [1.54, 1.807) is 0 Å². The Bertz CT molecular complexity index is 1060. The van der Waals surface area contributed by atoms with Gasteiger partial charge in [-0.05, 0) is 25.0 Å². The second-order valence-electron chi connectivity index (χ2n) is 6.83. The summed E-state index contributed by atoms with van der Waals surface area (Å²) in [6.45, 7) is 0. The van der Waals surface area contributed by atoms with Gasteiger partial charge in [-0.15, -0.1) is 11.3 Å². The van der Waals surface area contributed by atoms with E-state index in [1.807, 2.05) is 52.8 Å². The van der Waals surface area contributed by atoms with Crippen molar-refractivity contribution in [3.8, 4) is 27.8 Å². The summed E-state index contributed by atoms with van der Waals surface area (Å²) in [5, 5.41) is 11.3. The summed E-state index contributed by atoms with van der Waals surface area (Å²) in [7, 11) is 0. The fourth-order valence-electron chi connectivity index (χ4n) is 3.42. The van der Waals surface area contributed by atoms with E-state index in [0.29, 0.717) is 17.4 Å². The minimum absolute atomic E-state index is 0.416. The predicted molar refractivity (Wildman–Crippen MR) is 102 cm³/mol. The van der Waals surface area contributed by atoms with Crippen molar-refractivity contribution in [2.45, 2.75) is 31.2 Å². The highest BCUT2D eigenvalue weighted by Gasteiger charge is 2.36. The third kappa shape index (κ3) is 2.96. The molecule has 3 heterocycles. The van der Waals surface area contributed by atoms with Gasteiger partial charge in [-0.2, -0.15) is 10.1 Å². The fraction of sp³-hybridized carbons (Fsp3) is 0.263. The van der Waals surface area contributed by atoms with Crippen molar-refractivity contribution < 1.29 is 4.52 Å². The minimum atomic E-state index is -0.461. The Morgan fingerprint density at radius 2 is 1.93 bits per heavy atom. The van der Waals surface area contributed by atoms with Crippen LogP contribution in [0.4, 0.5) is 0 Å². The lowest BCUT2D eigenvalue weighted by Crippen LogP contribution is -2.34. The van der Waals surface area contributed by atoms with Crippen LogP contribution in [0.25, 0.3) is 27.8 Å². The third-order valence-corrected chi connectivity index (χ3v) is 5.83. The van der Waals surface area contributed by atoms with E-state index in [1.165, 1.54) is 11.3 Å². The van der Waals surface area contributed by atoms with Crippen LogP contribution in [0.15, 0.2) is 52.6 Å². The molecule has 0 atom stereocenters. The number of thiazole rings is 1. The Morgan fingerprint density at radius 1 is 1.11 bits per heavy atom. The Morgan fingerprint density at radius 3 is 2.74 bits per heavy atom. The molecule has 7 nitrogen and oxygen atoms in total. The lowest BCUT2D eigenvalue weighted by molar-refractivity contribution is 0.372. The first-order valence-corrected chi connectivity index (χ1v) is 9.79. The Hall–Kier alpha value is -2.84. The smallest absolute Gasteiger partial charge is 0.277 e. The Kier molecular flexibility index (Phi) is 3.87. The van der Waals surface area contributed by atoms with Crippen molar-refractivity contribution >= 4 is 11.3 Å². The number of aromatic nitrogens is 5. The molecule has 1 fully saturated rings. The second-order valence-corrected chi connectivity index (χ2v) is 7.69. The molecule has 136 valence electrons. The van der Waals surface area contributed by atoms with Gasteiger partial charge in [-0.25, -0.2) is 9.67 Å². The monoisotopic (exact) mass is 378 g/mol. The zero-order valence-corrected chi connectivity index (χ0v) is 15.4. The van der Waals surface area contributed by atoms with Crippen LogP contribution in [-0.4, -0.2) is 24.9 Å². The lowest BCUT2D eigenvalue weighted by atomic mass is 9.99. The van der Waals surface area contributed by atoms with Crippen LogP contribution < -0.4 is 5.73 Å². The van der Waals surface area contributed by atoms with Gasteiger partial charge in [0.1, 0.15) is 10.7 Å². The summed E-state index contributed by atoms with van der Waals surface area (Å²) in [6.07, 6.45) is 7.77. The first-order valence-electron chi connectivity index (χ1n) is 8.91. The summed E-state index contributed by atoms with van der Waals surface area (Å²) in [4.78, 5) is 9.16. The molecule has 0 saturated heterocycles. The fourth-order valence-corrected chi connectivity index (χ4v) is 4.19. The highest BCUT2D eigenvalue weighted by Crippen LogP contribution is 2.36. The molecule has 27 heavy (non-hydrogen) atoms. The van der Waals surface area contributed by atoms with Crippen LogP contribution in [0.1, 0.15) is 31.5 Å². The molecule has 1 saturated carbocycles. The van der Waals surface area contributed by atoms with Crippen LogP contribution in [-0.2, 0) is 5.54 Å². The van der Waals surface area contributed by atoms with Gasteiger partial charge in [-0.3, -0.25) is 0 Å². The molecule has 2 N–H and O–H groups in total. The maximum Gasteiger partial charge on any atom is 0.277 e. The zero-order chi connectivity index (χ0) is 18.3. The highest BCUT2D eigenvalue weighted by atomic mass is 32.1. The van der Waals surface area contributed by atoms with Gasteiger partial charge in [0.05, 0.1) is 17.4 Å². The summed E-state index contributed by atoms with van der Waals surface area (Å²) in [5.74, 6) is 1.00. The number of hydrogen-bond donors (Lipinski definition) is 1. The van der Waals surface area contributed by atoms with E-state index >= 15 is 0 Å². The number of hydrogen-bond acceptors (Lipinski definition) is 7. The molecule has 3 aromatic heterocycles. The molecular formula is C19H18N6OS. The molecule has 0 bridgehead atoms. The SMILES string of the molecule is NC1(c2noc(-c3csc(-c4cnn(-c5ccccc5)c4)n3)n2)CCCC1. The molecular weight excluding hydrogens is 360 g/mol. The quantitative estimate of drug-likeness (QED) is 0.581. The molecule has 0 aliphatic heterocycles. The summed E-state index contributed by atoms with van der Waals surface area (Å²) < 4.78 is 7.27. The van der Waals surface area contributed by atoms with E-state index in [9.17, 15) is 0 Å². The van der Waals surface area contributed by atoms with Crippen LogP contribution in [0, 0.1) is 0 Å². The maximum atomic E-state index is 6.41. The highest BCUT2D eigenvalue weighted by molar-refractivity contribution is 7.13. The molecule has 1 aliphatic carbocycles. The minimum Gasteiger partial charge on any atom is -0.332 e. The molecule has 1 aliphatic rings. The molecule has 4 aromatic rings. The predicted octanol–water partition coefficient (Wildman–Crippen LogP) is 3.77. The molecule has 0 unspecified atom stereocenters. The van der Waals surface area contributed by atoms with Crippen molar-refractivity contribution in [2.75, 3.05) is 0 Å². The van der Waals surface area contributed by atoms with Crippen molar-refractivity contribution in [3.63, 3.8) is 0 Å². The molecule has 5 rings (SSSR count). The van der Waals surface area contributed by atoms with E-state index in [4.69, 9.17) is 10.3 Å². The standard InChI is InChI=1S/C19H18N6OS/c20-19(8-4-5-9-19)18-23-16(26-24-18)15-12-27-17(22-15)13-10-21-25(11-13)14-6-2-1-3-7-14/h1-3,6-7,10-12H,4-5,8-9,20H2. The maximum absolute atomic E-state index is 6.41. The van der Waals surface area contributed by atoms with E-state index in [2.05, 4.69) is 20.2 Å². The normalized spacial score (nSPS) is 16.0. The van der Waals surface area contributed by atoms with Gasteiger partial charge in [-0.1, -0.05) is 36.2 Å². The van der Waals surface area contributed by atoms with Crippen molar-refractivity contribution in [1.82, 2.24) is 24.9 Å². The first-order chi connectivity index (χ1) is 13.2. The van der Waals surface area contributed by atoms with Crippen LogP contribution in [0.5, 0.6) is 0 Å². The third-order valence-electron chi connectivity index (χ3n) is 4.94. The molecule has 0 spiro atoms. The van der Waals surface area contributed by atoms with Crippen molar-refractivity contribution in [3.05, 3.63) is 53.9 Å². The summed E-state index contributed by atoms with van der Waals surface area (Å²) in [5.41, 5.74) is 8.57. The van der Waals surface area contributed by atoms with Crippen LogP contribution in [0.3, 0.4) is 0 Å². The van der Waals surface area contributed by atoms with Crippen LogP contribution in [0.2, 0.25) is 0 Å². The number of rotatable bonds is 4. The topological polar surface area (TPSA) is 95.7 Å². The van der Waals surface area contributed by atoms with E-state index in [-0.39, 0.29) is 0 Å². The average Bonchev–Trinajstić information content (AvgIpc) is 3.47. The second kappa shape index (κ2) is 6.40. The first kappa shape index (κ1) is 16.3. The van der Waals surface area contributed by atoms with Crippen molar-refractivity contribution in [2.24, 2.45) is 5.73 Å². The lowest BCUT2D eigenvalue weighted by Gasteiger charge is -2.17. The van der Waals surface area contributed by atoms with Gasteiger partial charge in [0.15, 0.2) is 5.82 Å². The number of benzene rings is 1. The van der Waals surface area contributed by atoms with Gasteiger partial charge in [0, 0.05) is 17.1 Å². The Balaban J connectivity index is 1.41. The number of nitrogens with zero attached hydrogens (tertiary/aromatic N) is 5. The number of para-hydroxylation sites is 1. The molecule has 0 amide bonds. The van der Waals surface area contributed by atoms with Crippen molar-refractivity contribution in [1.29, 1.82) is 0 Å². The van der Waals surface area contributed by atoms with Crippen LogP contribution >= 0.6 is 11.3 Å². The average molecular weight is 378 g/mol. The van der Waals surface area contributed by atoms with E-state index in [0.717, 1.165) is 41.9 Å². The molecule has 0 radical (unpaired) electrons. The van der Waals surface area contributed by atoms with Gasteiger partial charge >= 0.3 is 0 Å². The summed E-state index contributed by atoms with van der Waals surface area (Å²) in [6, 6.07) is 9.97. The van der Waals surface area contributed by atoms with E-state index < -0.39 is 5.54 Å². The van der Waals surface area contributed by atoms with Gasteiger partial charge < -0.3 is 10.3 Å². The largest absolute Gasteiger partial charge is 0.332 e. The zero-order valence-electron chi connectivity index (χ0n) is 14.6. The molecule has 1 aromatic carbocycles.